The Balaban J connectivity index is 1.54. The number of aromatic nitrogens is 5. The van der Waals surface area contributed by atoms with Crippen LogP contribution < -0.4 is 10.1 Å². The van der Waals surface area contributed by atoms with Crippen molar-refractivity contribution in [2.45, 2.75) is 39.7 Å². The number of amides is 1. The average molecular weight is 433 g/mol. The largest absolute Gasteiger partial charge is 0.497 e. The van der Waals surface area contributed by atoms with Crippen LogP contribution in [0.4, 0.5) is 0 Å². The first-order valence-corrected chi connectivity index (χ1v) is 10.6. The van der Waals surface area contributed by atoms with Crippen LogP contribution in [0.1, 0.15) is 46.5 Å². The minimum absolute atomic E-state index is 0.0515. The lowest BCUT2D eigenvalue weighted by atomic mass is 10.0. The predicted octanol–water partition coefficient (Wildman–Crippen LogP) is 3.24. The SMILES string of the molecule is COc1ccc([C@@H](NC(=O)CCc2c(C)nc3cc(C)nn3c2C)c2nccn2C)cc1. The van der Waals surface area contributed by atoms with E-state index in [4.69, 9.17) is 4.74 Å². The van der Waals surface area contributed by atoms with E-state index in [1.165, 1.54) is 0 Å². The maximum atomic E-state index is 13.0. The third-order valence-corrected chi connectivity index (χ3v) is 5.76. The number of nitrogens with zero attached hydrogens (tertiary/aromatic N) is 5. The fourth-order valence-electron chi connectivity index (χ4n) is 4.02. The van der Waals surface area contributed by atoms with Gasteiger partial charge in [0, 0.05) is 43.3 Å². The van der Waals surface area contributed by atoms with E-state index in [1.54, 1.807) is 13.3 Å². The van der Waals surface area contributed by atoms with Gasteiger partial charge in [0.15, 0.2) is 5.65 Å². The Morgan fingerprint density at radius 1 is 1.19 bits per heavy atom. The topological polar surface area (TPSA) is 86.3 Å². The first-order valence-electron chi connectivity index (χ1n) is 10.6. The van der Waals surface area contributed by atoms with Crippen molar-refractivity contribution in [1.29, 1.82) is 0 Å². The average Bonchev–Trinajstić information content (AvgIpc) is 3.36. The number of benzene rings is 1. The van der Waals surface area contributed by atoms with E-state index >= 15 is 0 Å². The number of ether oxygens (including phenoxy) is 1. The Morgan fingerprint density at radius 2 is 1.94 bits per heavy atom. The molecule has 4 rings (SSSR count). The monoisotopic (exact) mass is 432 g/mol. The predicted molar refractivity (Wildman–Crippen MR) is 122 cm³/mol. The number of fused-ring (bicyclic) bond motifs is 1. The van der Waals surface area contributed by atoms with Gasteiger partial charge < -0.3 is 14.6 Å². The van der Waals surface area contributed by atoms with Crippen LogP contribution in [-0.4, -0.2) is 37.2 Å². The lowest BCUT2D eigenvalue weighted by Crippen LogP contribution is -2.31. The highest BCUT2D eigenvalue weighted by Gasteiger charge is 2.21. The second-order valence-corrected chi connectivity index (χ2v) is 7.99. The number of carbonyl (C=O) groups excluding carboxylic acids is 1. The molecule has 4 aromatic rings. The number of hydrogen-bond donors (Lipinski definition) is 1. The van der Waals surface area contributed by atoms with Crippen molar-refractivity contribution >= 4 is 11.6 Å². The molecular weight excluding hydrogens is 404 g/mol. The van der Waals surface area contributed by atoms with Crippen molar-refractivity contribution in [1.82, 2.24) is 29.5 Å². The number of carbonyl (C=O) groups is 1. The summed E-state index contributed by atoms with van der Waals surface area (Å²) < 4.78 is 9.03. The summed E-state index contributed by atoms with van der Waals surface area (Å²) in [7, 11) is 3.55. The van der Waals surface area contributed by atoms with E-state index in [-0.39, 0.29) is 11.9 Å². The molecule has 0 bridgehead atoms. The second kappa shape index (κ2) is 8.82. The molecule has 0 saturated carbocycles. The van der Waals surface area contributed by atoms with Crippen LogP contribution in [0.3, 0.4) is 0 Å². The zero-order chi connectivity index (χ0) is 22.8. The Kier molecular flexibility index (Phi) is 5.94. The molecule has 0 saturated heterocycles. The summed E-state index contributed by atoms with van der Waals surface area (Å²) >= 11 is 0. The molecule has 0 radical (unpaired) electrons. The number of hydrogen-bond acceptors (Lipinski definition) is 5. The minimum Gasteiger partial charge on any atom is -0.497 e. The van der Waals surface area contributed by atoms with Gasteiger partial charge in [-0.05, 0) is 50.5 Å². The number of nitrogens with one attached hydrogen (secondary N) is 1. The van der Waals surface area contributed by atoms with E-state index < -0.39 is 0 Å². The lowest BCUT2D eigenvalue weighted by molar-refractivity contribution is -0.121. The zero-order valence-corrected chi connectivity index (χ0v) is 19.1. The van der Waals surface area contributed by atoms with Gasteiger partial charge in [-0.2, -0.15) is 5.10 Å². The summed E-state index contributed by atoms with van der Waals surface area (Å²) in [6, 6.07) is 9.27. The minimum atomic E-state index is -0.357. The maximum absolute atomic E-state index is 13.0. The summed E-state index contributed by atoms with van der Waals surface area (Å²) in [5, 5.41) is 7.68. The molecule has 1 aromatic carbocycles. The van der Waals surface area contributed by atoms with Crippen molar-refractivity contribution in [3.8, 4) is 5.75 Å². The fraction of sp³-hybridized carbons (Fsp3) is 0.333. The van der Waals surface area contributed by atoms with Gasteiger partial charge in [-0.3, -0.25) is 4.79 Å². The Morgan fingerprint density at radius 3 is 2.59 bits per heavy atom. The van der Waals surface area contributed by atoms with Crippen LogP contribution in [0.25, 0.3) is 5.65 Å². The Bertz CT molecular complexity index is 1260. The van der Waals surface area contributed by atoms with E-state index in [0.29, 0.717) is 12.8 Å². The molecule has 0 fully saturated rings. The summed E-state index contributed by atoms with van der Waals surface area (Å²) in [6.07, 6.45) is 4.53. The molecule has 1 N–H and O–H groups in total. The van der Waals surface area contributed by atoms with Gasteiger partial charge in [0.25, 0.3) is 0 Å². The van der Waals surface area contributed by atoms with Crippen molar-refractivity contribution in [2.75, 3.05) is 7.11 Å². The van der Waals surface area contributed by atoms with Crippen LogP contribution in [0.2, 0.25) is 0 Å². The number of imidazole rings is 1. The van der Waals surface area contributed by atoms with Crippen molar-refractivity contribution in [3.63, 3.8) is 0 Å². The van der Waals surface area contributed by atoms with Crippen molar-refractivity contribution < 1.29 is 9.53 Å². The van der Waals surface area contributed by atoms with E-state index in [2.05, 4.69) is 20.4 Å². The number of aryl methyl sites for hydroxylation is 4. The van der Waals surface area contributed by atoms with Crippen molar-refractivity contribution in [2.24, 2.45) is 7.05 Å². The molecule has 0 aliphatic heterocycles. The highest BCUT2D eigenvalue weighted by molar-refractivity contribution is 5.77. The molecule has 1 atom stereocenters. The highest BCUT2D eigenvalue weighted by atomic mass is 16.5. The zero-order valence-electron chi connectivity index (χ0n) is 19.1. The lowest BCUT2D eigenvalue weighted by Gasteiger charge is -2.20. The first kappa shape index (κ1) is 21.5. The molecule has 0 aliphatic carbocycles. The normalized spacial score (nSPS) is 12.2. The third kappa shape index (κ3) is 4.21. The molecule has 0 aliphatic rings. The molecule has 1 amide bonds. The summed E-state index contributed by atoms with van der Waals surface area (Å²) in [5.41, 5.74) is 5.69. The Labute approximate surface area is 187 Å². The van der Waals surface area contributed by atoms with E-state index in [1.807, 2.05) is 73.4 Å². The second-order valence-electron chi connectivity index (χ2n) is 7.99. The van der Waals surface area contributed by atoms with E-state index in [0.717, 1.165) is 45.4 Å². The Hall–Kier alpha value is -3.68. The smallest absolute Gasteiger partial charge is 0.221 e. The third-order valence-electron chi connectivity index (χ3n) is 5.76. The van der Waals surface area contributed by atoms with Gasteiger partial charge in [-0.25, -0.2) is 14.5 Å². The van der Waals surface area contributed by atoms with Gasteiger partial charge in [-0.1, -0.05) is 12.1 Å². The molecular formula is C24H28N6O2. The maximum Gasteiger partial charge on any atom is 0.221 e. The first-order chi connectivity index (χ1) is 15.4. The molecule has 3 aromatic heterocycles. The van der Waals surface area contributed by atoms with Crippen LogP contribution in [0.5, 0.6) is 5.75 Å². The van der Waals surface area contributed by atoms with Crippen LogP contribution in [0, 0.1) is 20.8 Å². The van der Waals surface area contributed by atoms with Crippen molar-refractivity contribution in [3.05, 3.63) is 76.8 Å². The molecule has 8 heteroatoms. The van der Waals surface area contributed by atoms with Gasteiger partial charge in [-0.15, -0.1) is 0 Å². The van der Waals surface area contributed by atoms with Gasteiger partial charge in [0.05, 0.1) is 12.8 Å². The molecule has 0 spiro atoms. The fourth-order valence-corrected chi connectivity index (χ4v) is 4.02. The van der Waals surface area contributed by atoms with Crippen LogP contribution in [0.15, 0.2) is 42.7 Å². The quantitative estimate of drug-likeness (QED) is 0.485. The standard InChI is InChI=1S/C24H28N6O2/c1-15-14-21-26-16(2)20(17(3)30(21)28-15)10-11-22(31)27-23(24-25-12-13-29(24)4)18-6-8-19(32-5)9-7-18/h6-9,12-14,23H,10-11H2,1-5H3,(H,27,31)/t23-/m1/s1. The van der Waals surface area contributed by atoms with Gasteiger partial charge in [0.2, 0.25) is 5.91 Å². The molecule has 0 unspecified atom stereocenters. The molecule has 8 nitrogen and oxygen atoms in total. The van der Waals surface area contributed by atoms with Gasteiger partial charge in [0.1, 0.15) is 17.6 Å². The number of rotatable bonds is 7. The summed E-state index contributed by atoms with van der Waals surface area (Å²) in [4.78, 5) is 22.1. The van der Waals surface area contributed by atoms with Crippen LogP contribution >= 0.6 is 0 Å². The van der Waals surface area contributed by atoms with Gasteiger partial charge >= 0.3 is 0 Å². The molecule has 3 heterocycles. The summed E-state index contributed by atoms with van der Waals surface area (Å²) in [6.45, 7) is 5.96. The number of methoxy groups -OCH3 is 1. The molecule has 32 heavy (non-hydrogen) atoms. The van der Waals surface area contributed by atoms with Crippen LogP contribution in [-0.2, 0) is 18.3 Å². The van der Waals surface area contributed by atoms with E-state index in [9.17, 15) is 4.79 Å². The molecule has 166 valence electrons. The highest BCUT2D eigenvalue weighted by Crippen LogP contribution is 2.24. The summed E-state index contributed by atoms with van der Waals surface area (Å²) in [5.74, 6) is 1.48.